The Bertz CT molecular complexity index is 428. The van der Waals surface area contributed by atoms with Crippen molar-refractivity contribution in [1.82, 2.24) is 14.7 Å². The van der Waals surface area contributed by atoms with Crippen LogP contribution in [0, 0.1) is 0 Å². The fourth-order valence-electron chi connectivity index (χ4n) is 1.46. The highest BCUT2D eigenvalue weighted by molar-refractivity contribution is 5.82. The van der Waals surface area contributed by atoms with Gasteiger partial charge in [0.2, 0.25) is 5.91 Å². The van der Waals surface area contributed by atoms with Crippen LogP contribution in [0.4, 0.5) is 5.69 Å². The number of carbonyl (C=O) groups is 2. The van der Waals surface area contributed by atoms with Crippen molar-refractivity contribution in [1.29, 1.82) is 0 Å². The van der Waals surface area contributed by atoms with E-state index in [2.05, 4.69) is 9.84 Å². The first-order chi connectivity index (χ1) is 8.43. The smallest absolute Gasteiger partial charge is 0.325 e. The Hall–Kier alpha value is -2.05. The maximum absolute atomic E-state index is 12.0. The van der Waals surface area contributed by atoms with Gasteiger partial charge in [-0.15, -0.1) is 0 Å². The van der Waals surface area contributed by atoms with Crippen molar-refractivity contribution in [2.45, 2.75) is 26.4 Å². The van der Waals surface area contributed by atoms with E-state index in [0.717, 1.165) is 0 Å². The van der Waals surface area contributed by atoms with Gasteiger partial charge in [0.1, 0.15) is 13.1 Å². The highest BCUT2D eigenvalue weighted by Gasteiger charge is 2.20. The van der Waals surface area contributed by atoms with E-state index in [1.165, 1.54) is 22.9 Å². The van der Waals surface area contributed by atoms with Crippen molar-refractivity contribution in [3.05, 3.63) is 12.4 Å². The van der Waals surface area contributed by atoms with Gasteiger partial charge in [0, 0.05) is 12.2 Å². The summed E-state index contributed by atoms with van der Waals surface area (Å²) in [6, 6.07) is -0.0930. The second kappa shape index (κ2) is 6.04. The van der Waals surface area contributed by atoms with Crippen molar-refractivity contribution in [2.24, 2.45) is 0 Å². The van der Waals surface area contributed by atoms with Crippen LogP contribution in [0.5, 0.6) is 0 Å². The van der Waals surface area contributed by atoms with Crippen LogP contribution < -0.4 is 5.73 Å². The largest absolute Gasteiger partial charge is 0.468 e. The summed E-state index contributed by atoms with van der Waals surface area (Å²) >= 11 is 0. The predicted octanol–water partition coefficient (Wildman–Crippen LogP) is -0.125. The van der Waals surface area contributed by atoms with E-state index in [4.69, 9.17) is 5.73 Å². The van der Waals surface area contributed by atoms with Crippen LogP contribution >= 0.6 is 0 Å². The molecule has 100 valence electrons. The minimum absolute atomic E-state index is 0.0480. The summed E-state index contributed by atoms with van der Waals surface area (Å²) in [5, 5.41) is 3.92. The first-order valence-electron chi connectivity index (χ1n) is 5.58. The Morgan fingerprint density at radius 2 is 2.22 bits per heavy atom. The van der Waals surface area contributed by atoms with Crippen LogP contribution in [-0.4, -0.2) is 46.3 Å². The Balaban J connectivity index is 2.68. The van der Waals surface area contributed by atoms with E-state index < -0.39 is 5.97 Å². The number of esters is 1. The van der Waals surface area contributed by atoms with Crippen molar-refractivity contribution >= 4 is 17.6 Å². The third kappa shape index (κ3) is 3.76. The zero-order valence-electron chi connectivity index (χ0n) is 10.8. The molecule has 2 N–H and O–H groups in total. The molecule has 0 aliphatic heterocycles. The number of methoxy groups -OCH3 is 1. The first kappa shape index (κ1) is 14.0. The van der Waals surface area contributed by atoms with Crippen LogP contribution in [0.15, 0.2) is 12.4 Å². The van der Waals surface area contributed by atoms with Gasteiger partial charge in [0.25, 0.3) is 0 Å². The lowest BCUT2D eigenvalue weighted by molar-refractivity contribution is -0.148. The number of anilines is 1. The Labute approximate surface area is 105 Å². The number of hydrogen-bond donors (Lipinski definition) is 1. The molecule has 0 saturated carbocycles. The van der Waals surface area contributed by atoms with Crippen molar-refractivity contribution in [2.75, 3.05) is 19.4 Å². The van der Waals surface area contributed by atoms with Crippen LogP contribution in [0.25, 0.3) is 0 Å². The van der Waals surface area contributed by atoms with E-state index in [0.29, 0.717) is 5.69 Å². The number of nitrogen functional groups attached to an aromatic ring is 1. The molecule has 1 aromatic heterocycles. The monoisotopic (exact) mass is 254 g/mol. The summed E-state index contributed by atoms with van der Waals surface area (Å²) in [6.07, 6.45) is 3.03. The van der Waals surface area contributed by atoms with Gasteiger partial charge in [-0.25, -0.2) is 0 Å². The molecule has 7 nitrogen and oxygen atoms in total. The fraction of sp³-hybridized carbons (Fsp3) is 0.545. The van der Waals surface area contributed by atoms with Gasteiger partial charge in [-0.2, -0.15) is 5.10 Å². The molecule has 0 unspecified atom stereocenters. The molecule has 1 amide bonds. The second-order valence-corrected chi connectivity index (χ2v) is 4.16. The quantitative estimate of drug-likeness (QED) is 0.739. The SMILES string of the molecule is COC(=O)CN(C(=O)Cn1cc(N)cn1)C(C)C. The highest BCUT2D eigenvalue weighted by Crippen LogP contribution is 2.03. The third-order valence-electron chi connectivity index (χ3n) is 2.42. The van der Waals surface area contributed by atoms with E-state index in [9.17, 15) is 9.59 Å². The van der Waals surface area contributed by atoms with Crippen LogP contribution in [-0.2, 0) is 20.9 Å². The number of rotatable bonds is 5. The molecule has 1 rings (SSSR count). The van der Waals surface area contributed by atoms with Gasteiger partial charge in [-0.05, 0) is 13.8 Å². The molecule has 18 heavy (non-hydrogen) atoms. The summed E-state index contributed by atoms with van der Waals surface area (Å²) < 4.78 is 5.99. The fourth-order valence-corrected chi connectivity index (χ4v) is 1.46. The van der Waals surface area contributed by atoms with Gasteiger partial charge >= 0.3 is 5.97 Å². The van der Waals surface area contributed by atoms with Gasteiger partial charge < -0.3 is 15.4 Å². The zero-order valence-corrected chi connectivity index (χ0v) is 10.8. The van der Waals surface area contributed by atoms with E-state index >= 15 is 0 Å². The lowest BCUT2D eigenvalue weighted by Gasteiger charge is -2.25. The average Bonchev–Trinajstić information content (AvgIpc) is 2.70. The second-order valence-electron chi connectivity index (χ2n) is 4.16. The van der Waals surface area contributed by atoms with E-state index in [-0.39, 0.29) is 25.0 Å². The van der Waals surface area contributed by atoms with Crippen LogP contribution in [0.3, 0.4) is 0 Å². The Morgan fingerprint density at radius 3 is 2.67 bits per heavy atom. The summed E-state index contributed by atoms with van der Waals surface area (Å²) in [5.74, 6) is -0.657. The van der Waals surface area contributed by atoms with Gasteiger partial charge in [0.05, 0.1) is 19.0 Å². The number of ether oxygens (including phenoxy) is 1. The minimum atomic E-state index is -0.447. The summed E-state index contributed by atoms with van der Waals surface area (Å²) in [7, 11) is 1.29. The molecule has 7 heteroatoms. The van der Waals surface area contributed by atoms with E-state index in [1.807, 2.05) is 13.8 Å². The van der Waals surface area contributed by atoms with Gasteiger partial charge in [0.15, 0.2) is 0 Å². The number of amides is 1. The number of nitrogens with zero attached hydrogens (tertiary/aromatic N) is 3. The zero-order chi connectivity index (χ0) is 13.7. The lowest BCUT2D eigenvalue weighted by Crippen LogP contribution is -2.42. The van der Waals surface area contributed by atoms with Crippen LogP contribution in [0.2, 0.25) is 0 Å². The molecule has 1 heterocycles. The maximum atomic E-state index is 12.0. The number of hydrogen-bond acceptors (Lipinski definition) is 5. The minimum Gasteiger partial charge on any atom is -0.468 e. The molecule has 0 spiro atoms. The third-order valence-corrected chi connectivity index (χ3v) is 2.42. The molecule has 0 aliphatic carbocycles. The molecule has 0 saturated heterocycles. The molecule has 0 atom stereocenters. The highest BCUT2D eigenvalue weighted by atomic mass is 16.5. The van der Waals surface area contributed by atoms with Crippen molar-refractivity contribution < 1.29 is 14.3 Å². The summed E-state index contributed by atoms with van der Waals surface area (Å²) in [5.41, 5.74) is 6.00. The molecule has 1 aromatic rings. The standard InChI is InChI=1S/C11H18N4O3/c1-8(2)15(7-11(17)18-3)10(16)6-14-5-9(12)4-13-14/h4-5,8H,6-7,12H2,1-3H3. The number of nitrogens with two attached hydrogens (primary N) is 1. The number of carbonyl (C=O) groups excluding carboxylic acids is 2. The summed E-state index contributed by atoms with van der Waals surface area (Å²) in [4.78, 5) is 24.7. The maximum Gasteiger partial charge on any atom is 0.325 e. The molecular weight excluding hydrogens is 236 g/mol. The molecule has 0 aromatic carbocycles. The molecule has 0 fully saturated rings. The average molecular weight is 254 g/mol. The van der Waals surface area contributed by atoms with Crippen molar-refractivity contribution in [3.8, 4) is 0 Å². The normalized spacial score (nSPS) is 10.4. The Kier molecular flexibility index (Phi) is 4.70. The van der Waals surface area contributed by atoms with Gasteiger partial charge in [-0.1, -0.05) is 0 Å². The predicted molar refractivity (Wildman–Crippen MR) is 65.5 cm³/mol. The summed E-state index contributed by atoms with van der Waals surface area (Å²) in [6.45, 7) is 3.65. The molecular formula is C11H18N4O3. The Morgan fingerprint density at radius 1 is 1.56 bits per heavy atom. The molecule has 0 aliphatic rings. The topological polar surface area (TPSA) is 90.5 Å². The van der Waals surface area contributed by atoms with Gasteiger partial charge in [-0.3, -0.25) is 14.3 Å². The molecule has 0 bridgehead atoms. The van der Waals surface area contributed by atoms with Crippen molar-refractivity contribution in [3.63, 3.8) is 0 Å². The van der Waals surface area contributed by atoms with Crippen LogP contribution in [0.1, 0.15) is 13.8 Å². The lowest BCUT2D eigenvalue weighted by atomic mass is 10.3. The first-order valence-corrected chi connectivity index (χ1v) is 5.58. The number of aromatic nitrogens is 2. The van der Waals surface area contributed by atoms with E-state index in [1.54, 1.807) is 6.20 Å². The molecule has 0 radical (unpaired) electrons.